The highest BCUT2D eigenvalue weighted by atomic mass is 16.5. The molecular weight excluding hydrogens is 230 g/mol. The second kappa shape index (κ2) is 9.30. The average Bonchev–Trinajstić information content (AvgIpc) is 2.38. The Balaban J connectivity index is 2.04. The first-order valence-electron chi connectivity index (χ1n) is 6.93. The van der Waals surface area contributed by atoms with Crippen molar-refractivity contribution in [3.63, 3.8) is 0 Å². The van der Waals surface area contributed by atoms with Gasteiger partial charge in [0, 0.05) is 32.6 Å². The van der Waals surface area contributed by atoms with E-state index in [2.05, 4.69) is 22.5 Å². The maximum Gasteiger partial charge on any atom is 0.220 e. The Morgan fingerprint density at radius 2 is 2.11 bits per heavy atom. The summed E-state index contributed by atoms with van der Waals surface area (Å²) in [5, 5.41) is 6.05. The van der Waals surface area contributed by atoms with E-state index < -0.39 is 0 Å². The number of nitrogens with zero attached hydrogens (tertiary/aromatic N) is 1. The van der Waals surface area contributed by atoms with E-state index in [9.17, 15) is 4.79 Å². The van der Waals surface area contributed by atoms with E-state index in [-0.39, 0.29) is 5.91 Å². The number of nitrogens with one attached hydrogen (secondary N) is 2. The molecule has 2 N–H and O–H groups in total. The van der Waals surface area contributed by atoms with E-state index in [4.69, 9.17) is 4.74 Å². The minimum Gasteiger partial charge on any atom is -0.379 e. The molecule has 1 rings (SSSR count). The normalized spacial score (nSPS) is 18.6. The van der Waals surface area contributed by atoms with E-state index in [1.54, 1.807) is 0 Å². The molecule has 0 bridgehead atoms. The lowest BCUT2D eigenvalue weighted by atomic mass is 10.1. The smallest absolute Gasteiger partial charge is 0.220 e. The van der Waals surface area contributed by atoms with Gasteiger partial charge in [-0.15, -0.1) is 0 Å². The molecule has 0 aliphatic carbocycles. The molecule has 1 unspecified atom stereocenters. The fourth-order valence-corrected chi connectivity index (χ4v) is 2.09. The van der Waals surface area contributed by atoms with Crippen LogP contribution in [0, 0.1) is 5.92 Å². The number of amides is 1. The predicted molar refractivity (Wildman–Crippen MR) is 72.6 cm³/mol. The second-order valence-electron chi connectivity index (χ2n) is 5.03. The fourth-order valence-electron chi connectivity index (χ4n) is 2.09. The minimum atomic E-state index is 0.166. The monoisotopic (exact) mass is 257 g/mol. The van der Waals surface area contributed by atoms with E-state index in [1.807, 2.05) is 7.05 Å². The van der Waals surface area contributed by atoms with Crippen molar-refractivity contribution >= 4 is 5.91 Å². The van der Waals surface area contributed by atoms with Gasteiger partial charge < -0.3 is 15.4 Å². The SMILES string of the molecule is CNCCCC(=O)NCC(C)CN1CCOCC1. The Hall–Kier alpha value is -0.650. The Kier molecular flexibility index (Phi) is 7.96. The first-order chi connectivity index (χ1) is 8.72. The summed E-state index contributed by atoms with van der Waals surface area (Å²) in [5.74, 6) is 0.662. The highest BCUT2D eigenvalue weighted by Crippen LogP contribution is 2.02. The Labute approximate surface area is 110 Å². The van der Waals surface area contributed by atoms with E-state index in [1.165, 1.54) is 0 Å². The van der Waals surface area contributed by atoms with E-state index in [0.717, 1.165) is 52.4 Å². The Morgan fingerprint density at radius 3 is 2.78 bits per heavy atom. The van der Waals surface area contributed by atoms with Crippen molar-refractivity contribution in [2.45, 2.75) is 19.8 Å². The zero-order chi connectivity index (χ0) is 13.2. The summed E-state index contributed by atoms with van der Waals surface area (Å²) in [6, 6.07) is 0. The summed E-state index contributed by atoms with van der Waals surface area (Å²) in [6.07, 6.45) is 1.52. The van der Waals surface area contributed by atoms with Crippen molar-refractivity contribution in [3.05, 3.63) is 0 Å². The molecule has 1 aliphatic heterocycles. The van der Waals surface area contributed by atoms with Gasteiger partial charge in [0.15, 0.2) is 0 Å². The second-order valence-corrected chi connectivity index (χ2v) is 5.03. The summed E-state index contributed by atoms with van der Waals surface area (Å²) in [6.45, 7) is 8.60. The van der Waals surface area contributed by atoms with Gasteiger partial charge in [-0.2, -0.15) is 0 Å². The number of hydrogen-bond donors (Lipinski definition) is 2. The summed E-state index contributed by atoms with van der Waals surface area (Å²) in [7, 11) is 1.91. The van der Waals surface area contributed by atoms with Crippen molar-refractivity contribution < 1.29 is 9.53 Å². The van der Waals surface area contributed by atoms with Gasteiger partial charge in [0.25, 0.3) is 0 Å². The van der Waals surface area contributed by atoms with Gasteiger partial charge in [-0.1, -0.05) is 6.92 Å². The Morgan fingerprint density at radius 1 is 1.39 bits per heavy atom. The van der Waals surface area contributed by atoms with Crippen molar-refractivity contribution in [3.8, 4) is 0 Å². The molecule has 1 amide bonds. The van der Waals surface area contributed by atoms with Gasteiger partial charge in [0.1, 0.15) is 0 Å². The summed E-state index contributed by atoms with van der Waals surface area (Å²) in [4.78, 5) is 13.9. The lowest BCUT2D eigenvalue weighted by Gasteiger charge is -2.29. The van der Waals surface area contributed by atoms with Crippen LogP contribution in [0.2, 0.25) is 0 Å². The molecule has 0 radical (unpaired) electrons. The van der Waals surface area contributed by atoms with Crippen LogP contribution in [0.25, 0.3) is 0 Å². The number of rotatable bonds is 8. The summed E-state index contributed by atoms with van der Waals surface area (Å²) < 4.78 is 5.32. The molecule has 1 atom stereocenters. The molecule has 0 saturated carbocycles. The van der Waals surface area contributed by atoms with Crippen molar-refractivity contribution in [1.82, 2.24) is 15.5 Å². The van der Waals surface area contributed by atoms with Gasteiger partial charge in [0.2, 0.25) is 5.91 Å². The van der Waals surface area contributed by atoms with Crippen LogP contribution < -0.4 is 10.6 Å². The molecule has 106 valence electrons. The average molecular weight is 257 g/mol. The highest BCUT2D eigenvalue weighted by molar-refractivity contribution is 5.75. The zero-order valence-corrected chi connectivity index (χ0v) is 11.7. The summed E-state index contributed by atoms with van der Waals surface area (Å²) in [5.41, 5.74) is 0. The fraction of sp³-hybridized carbons (Fsp3) is 0.923. The van der Waals surface area contributed by atoms with Crippen molar-refractivity contribution in [2.75, 3.05) is 53.0 Å². The molecule has 0 aromatic heterocycles. The third-order valence-electron chi connectivity index (χ3n) is 3.15. The lowest BCUT2D eigenvalue weighted by Crippen LogP contribution is -2.41. The van der Waals surface area contributed by atoms with Crippen LogP contribution in [-0.4, -0.2) is 63.8 Å². The van der Waals surface area contributed by atoms with E-state index in [0.29, 0.717) is 12.3 Å². The van der Waals surface area contributed by atoms with Crippen LogP contribution in [0.15, 0.2) is 0 Å². The molecule has 0 spiro atoms. The number of carbonyl (C=O) groups excluding carboxylic acids is 1. The first kappa shape index (κ1) is 15.4. The molecular formula is C13H27N3O2. The van der Waals surface area contributed by atoms with Gasteiger partial charge in [0.05, 0.1) is 13.2 Å². The zero-order valence-electron chi connectivity index (χ0n) is 11.7. The Bertz CT molecular complexity index is 230. The van der Waals surface area contributed by atoms with Crippen molar-refractivity contribution in [1.29, 1.82) is 0 Å². The molecule has 5 heteroatoms. The molecule has 1 saturated heterocycles. The van der Waals surface area contributed by atoms with Crippen LogP contribution in [0.1, 0.15) is 19.8 Å². The molecule has 18 heavy (non-hydrogen) atoms. The standard InChI is InChI=1S/C13H27N3O2/c1-12(11-16-6-8-18-9-7-16)10-15-13(17)4-3-5-14-2/h12,14H,3-11H2,1-2H3,(H,15,17). The van der Waals surface area contributed by atoms with Crippen LogP contribution >= 0.6 is 0 Å². The van der Waals surface area contributed by atoms with Crippen LogP contribution in [-0.2, 0) is 9.53 Å². The third kappa shape index (κ3) is 6.93. The van der Waals surface area contributed by atoms with Crippen molar-refractivity contribution in [2.24, 2.45) is 5.92 Å². The largest absolute Gasteiger partial charge is 0.379 e. The molecule has 1 aliphatic rings. The molecule has 1 heterocycles. The van der Waals surface area contributed by atoms with Gasteiger partial charge >= 0.3 is 0 Å². The maximum atomic E-state index is 11.5. The third-order valence-corrected chi connectivity index (χ3v) is 3.15. The molecule has 0 aromatic carbocycles. The number of carbonyl (C=O) groups is 1. The van der Waals surface area contributed by atoms with Crippen LogP contribution in [0.4, 0.5) is 0 Å². The summed E-state index contributed by atoms with van der Waals surface area (Å²) >= 11 is 0. The van der Waals surface area contributed by atoms with Gasteiger partial charge in [-0.05, 0) is 25.9 Å². The molecule has 5 nitrogen and oxygen atoms in total. The van der Waals surface area contributed by atoms with Gasteiger partial charge in [-0.3, -0.25) is 9.69 Å². The van der Waals surface area contributed by atoms with Crippen LogP contribution in [0.3, 0.4) is 0 Å². The number of morpholine rings is 1. The van der Waals surface area contributed by atoms with Crippen LogP contribution in [0.5, 0.6) is 0 Å². The molecule has 0 aromatic rings. The number of hydrogen-bond acceptors (Lipinski definition) is 4. The highest BCUT2D eigenvalue weighted by Gasteiger charge is 2.14. The molecule has 1 fully saturated rings. The minimum absolute atomic E-state index is 0.166. The number of ether oxygens (including phenoxy) is 1. The quantitative estimate of drug-likeness (QED) is 0.604. The lowest BCUT2D eigenvalue weighted by molar-refractivity contribution is -0.121. The van der Waals surface area contributed by atoms with E-state index >= 15 is 0 Å². The first-order valence-corrected chi connectivity index (χ1v) is 6.93. The van der Waals surface area contributed by atoms with Gasteiger partial charge in [-0.25, -0.2) is 0 Å². The predicted octanol–water partition coefficient (Wildman–Crippen LogP) is 0.0705. The maximum absolute atomic E-state index is 11.5. The topological polar surface area (TPSA) is 53.6 Å².